The van der Waals surface area contributed by atoms with E-state index in [4.69, 9.17) is 30.1 Å². The standard InChI is InChI=1S/C18H16F4NO7PS/c19-10-6-23(13(25)5-11(10)24)16-14(26)15(20)18(29-16,17(21)22)8-28-31(32)27-7-9-3-1-2-4-12(9)30-31/h1-4,6,14-17,26H,5,7-8H2/t14-,15-,16-,18-,31?/m1/s1. The van der Waals surface area contributed by atoms with Crippen molar-refractivity contribution >= 4 is 30.2 Å². The van der Waals surface area contributed by atoms with Crippen molar-refractivity contribution < 1.29 is 50.6 Å². The number of para-hydroxylation sites is 1. The third-order valence-electron chi connectivity index (χ3n) is 5.17. The van der Waals surface area contributed by atoms with E-state index in [0.717, 1.165) is 0 Å². The fraction of sp³-hybridized carbons (Fsp3) is 0.444. The normalized spacial score (nSPS) is 35.0. The fourth-order valence-electron chi connectivity index (χ4n) is 3.41. The molecule has 0 radical (unpaired) electrons. The number of rotatable bonds is 5. The van der Waals surface area contributed by atoms with E-state index >= 15 is 0 Å². The molecule has 1 fully saturated rings. The number of aliphatic hydroxyl groups excluding tert-OH is 1. The first-order valence-corrected chi connectivity index (χ1v) is 11.8. The van der Waals surface area contributed by atoms with Crippen LogP contribution in [0, 0.1) is 0 Å². The first-order chi connectivity index (χ1) is 15.1. The summed E-state index contributed by atoms with van der Waals surface area (Å²) in [5.74, 6) is -3.23. The van der Waals surface area contributed by atoms with Gasteiger partial charge < -0.3 is 14.4 Å². The Hall–Kier alpha value is -1.89. The zero-order chi connectivity index (χ0) is 23.3. The summed E-state index contributed by atoms with van der Waals surface area (Å²) in [6, 6.07) is 6.64. The van der Waals surface area contributed by atoms with Gasteiger partial charge in [-0.05, 0) is 6.07 Å². The van der Waals surface area contributed by atoms with Gasteiger partial charge in [0.15, 0.2) is 23.8 Å². The van der Waals surface area contributed by atoms with Crippen molar-refractivity contribution in [3.8, 4) is 5.75 Å². The average molecular weight is 497 g/mol. The molecule has 3 heterocycles. The van der Waals surface area contributed by atoms with Gasteiger partial charge >= 0.3 is 6.72 Å². The number of nitrogens with zero attached hydrogens (tertiary/aromatic N) is 1. The third kappa shape index (κ3) is 3.97. The van der Waals surface area contributed by atoms with E-state index in [1.54, 1.807) is 24.3 Å². The molecule has 1 unspecified atom stereocenters. The van der Waals surface area contributed by atoms with Gasteiger partial charge in [0.1, 0.15) is 11.9 Å². The van der Waals surface area contributed by atoms with Gasteiger partial charge in [0.2, 0.25) is 11.7 Å². The molecular formula is C18H16F4NO7PS. The molecule has 32 heavy (non-hydrogen) atoms. The Morgan fingerprint density at radius 3 is 2.78 bits per heavy atom. The number of aliphatic hydroxyl groups is 1. The van der Waals surface area contributed by atoms with Crippen molar-refractivity contribution in [1.29, 1.82) is 0 Å². The Bertz CT molecular complexity index is 1030. The number of fused-ring (bicyclic) bond motifs is 1. The maximum absolute atomic E-state index is 15.0. The van der Waals surface area contributed by atoms with E-state index < -0.39 is 67.8 Å². The minimum Gasteiger partial charge on any atom is -0.424 e. The molecule has 5 atom stereocenters. The van der Waals surface area contributed by atoms with E-state index in [1.165, 1.54) is 0 Å². The summed E-state index contributed by atoms with van der Waals surface area (Å²) < 4.78 is 77.8. The van der Waals surface area contributed by atoms with Crippen molar-refractivity contribution in [3.63, 3.8) is 0 Å². The number of ether oxygens (including phenoxy) is 1. The Kier molecular flexibility index (Phi) is 6.16. The SMILES string of the molecule is O=C1CC(=O)N([C@@H]2O[C@@](COP3(=S)OCc4ccccc4O3)(C(F)F)[C@H](F)[C@H]2O)C=C1F. The lowest BCUT2D eigenvalue weighted by molar-refractivity contribution is -0.193. The van der Waals surface area contributed by atoms with Crippen molar-refractivity contribution in [2.75, 3.05) is 6.61 Å². The summed E-state index contributed by atoms with van der Waals surface area (Å²) in [7, 11) is 0. The quantitative estimate of drug-likeness (QED) is 0.377. The van der Waals surface area contributed by atoms with Gasteiger partial charge in [-0.2, -0.15) is 0 Å². The van der Waals surface area contributed by atoms with Gasteiger partial charge in [-0.1, -0.05) is 18.2 Å². The number of halogens is 4. The third-order valence-corrected chi connectivity index (χ3v) is 7.34. The Labute approximate surface area is 183 Å². The Morgan fingerprint density at radius 2 is 2.06 bits per heavy atom. The summed E-state index contributed by atoms with van der Waals surface area (Å²) in [5.41, 5.74) is -2.42. The molecule has 0 bridgehead atoms. The number of benzene rings is 1. The summed E-state index contributed by atoms with van der Waals surface area (Å²) in [5, 5.41) is 10.2. The van der Waals surface area contributed by atoms with Crippen LogP contribution in [0.25, 0.3) is 0 Å². The average Bonchev–Trinajstić information content (AvgIpc) is 3.01. The second-order valence-electron chi connectivity index (χ2n) is 7.23. The number of hydrogen-bond acceptors (Lipinski definition) is 8. The lowest BCUT2D eigenvalue weighted by Gasteiger charge is -2.34. The first kappa shape index (κ1) is 23.3. The molecule has 8 nitrogen and oxygen atoms in total. The van der Waals surface area contributed by atoms with Gasteiger partial charge in [-0.3, -0.25) is 23.5 Å². The number of carbonyl (C=O) groups excluding carboxylic acids is 2. The highest BCUT2D eigenvalue weighted by molar-refractivity contribution is 8.07. The minimum atomic E-state index is -3.63. The summed E-state index contributed by atoms with van der Waals surface area (Å²) in [6.07, 6.45) is -11.2. The van der Waals surface area contributed by atoms with Crippen LogP contribution in [0.5, 0.6) is 5.75 Å². The summed E-state index contributed by atoms with van der Waals surface area (Å²) >= 11 is 5.17. The van der Waals surface area contributed by atoms with Crippen LogP contribution in [-0.4, -0.2) is 58.8 Å². The van der Waals surface area contributed by atoms with E-state index in [0.29, 0.717) is 22.4 Å². The number of hydrogen-bond donors (Lipinski definition) is 1. The van der Waals surface area contributed by atoms with Gasteiger partial charge in [0.05, 0.1) is 19.6 Å². The van der Waals surface area contributed by atoms with Crippen LogP contribution in [0.3, 0.4) is 0 Å². The number of allylic oxidation sites excluding steroid dienone is 1. The highest BCUT2D eigenvalue weighted by atomic mass is 32.5. The van der Waals surface area contributed by atoms with E-state index in [1.807, 2.05) is 0 Å². The summed E-state index contributed by atoms with van der Waals surface area (Å²) in [6.45, 7) is -4.85. The molecule has 0 aromatic heterocycles. The van der Waals surface area contributed by atoms with E-state index in [2.05, 4.69) is 0 Å². The topological polar surface area (TPSA) is 94.5 Å². The number of Topliss-reactive ketones (excluding diaryl/α,β-unsaturated/α-hetero) is 1. The van der Waals surface area contributed by atoms with Gasteiger partial charge in [-0.15, -0.1) is 0 Å². The molecule has 14 heteroatoms. The van der Waals surface area contributed by atoms with Crippen LogP contribution in [0.1, 0.15) is 12.0 Å². The molecular weight excluding hydrogens is 481 g/mol. The predicted octanol–water partition coefficient (Wildman–Crippen LogP) is 2.51. The lowest BCUT2D eigenvalue weighted by Crippen LogP contribution is -2.50. The van der Waals surface area contributed by atoms with Crippen molar-refractivity contribution in [2.45, 2.75) is 43.6 Å². The maximum Gasteiger partial charge on any atom is 0.381 e. The number of alkyl halides is 3. The van der Waals surface area contributed by atoms with Crippen molar-refractivity contribution in [3.05, 3.63) is 41.9 Å². The molecule has 0 spiro atoms. The minimum absolute atomic E-state index is 0.0271. The van der Waals surface area contributed by atoms with Crippen LogP contribution in [-0.2, 0) is 41.8 Å². The molecule has 0 aliphatic carbocycles. The number of ketones is 1. The monoisotopic (exact) mass is 497 g/mol. The van der Waals surface area contributed by atoms with Gasteiger partial charge in [0, 0.05) is 23.6 Å². The summed E-state index contributed by atoms with van der Waals surface area (Å²) in [4.78, 5) is 23.7. The molecule has 1 aromatic rings. The smallest absolute Gasteiger partial charge is 0.381 e. The molecule has 1 amide bonds. The van der Waals surface area contributed by atoms with Crippen LogP contribution < -0.4 is 4.52 Å². The molecule has 4 rings (SSSR count). The highest BCUT2D eigenvalue weighted by Crippen LogP contribution is 2.56. The van der Waals surface area contributed by atoms with Crippen LogP contribution in [0.4, 0.5) is 17.6 Å². The zero-order valence-corrected chi connectivity index (χ0v) is 17.7. The molecule has 1 aromatic carbocycles. The lowest BCUT2D eigenvalue weighted by atomic mass is 9.98. The van der Waals surface area contributed by atoms with Gasteiger partial charge in [0.25, 0.3) is 6.43 Å². The van der Waals surface area contributed by atoms with E-state index in [-0.39, 0.29) is 6.61 Å². The van der Waals surface area contributed by atoms with Crippen LogP contribution >= 0.6 is 6.72 Å². The second kappa shape index (κ2) is 8.47. The first-order valence-electron chi connectivity index (χ1n) is 9.23. The molecule has 1 N–H and O–H groups in total. The number of amides is 1. The van der Waals surface area contributed by atoms with Gasteiger partial charge in [-0.25, -0.2) is 17.6 Å². The molecule has 3 aliphatic rings. The zero-order valence-electron chi connectivity index (χ0n) is 16.0. The van der Waals surface area contributed by atoms with E-state index in [9.17, 15) is 32.3 Å². The molecule has 1 saturated heterocycles. The highest BCUT2D eigenvalue weighted by Gasteiger charge is 2.64. The maximum atomic E-state index is 15.0. The molecule has 174 valence electrons. The molecule has 0 saturated carbocycles. The van der Waals surface area contributed by atoms with Crippen LogP contribution in [0.15, 0.2) is 36.3 Å². The van der Waals surface area contributed by atoms with Crippen molar-refractivity contribution in [2.24, 2.45) is 0 Å². The van der Waals surface area contributed by atoms with Crippen LogP contribution in [0.2, 0.25) is 0 Å². The Morgan fingerprint density at radius 1 is 1.34 bits per heavy atom. The fourth-order valence-corrected chi connectivity index (χ4v) is 5.22. The predicted molar refractivity (Wildman–Crippen MR) is 102 cm³/mol. The van der Waals surface area contributed by atoms with Crippen molar-refractivity contribution in [1.82, 2.24) is 4.90 Å². The molecule has 3 aliphatic heterocycles. The largest absolute Gasteiger partial charge is 0.424 e. The Balaban J connectivity index is 1.55. The second-order valence-corrected chi connectivity index (χ2v) is 10.2. The number of carbonyl (C=O) groups is 2.